The molecular weight excluding hydrogens is 190 g/mol. The number of nitrogens with one attached hydrogen (secondary N) is 1. The van der Waals surface area contributed by atoms with E-state index in [1.54, 1.807) is 0 Å². The summed E-state index contributed by atoms with van der Waals surface area (Å²) in [6.45, 7) is 6.55. The maximum atomic E-state index is 11.8. The zero-order valence-corrected chi connectivity index (χ0v) is 9.83. The summed E-state index contributed by atoms with van der Waals surface area (Å²) in [5.41, 5.74) is 5.47. The normalized spacial score (nSPS) is 17.9. The average Bonchev–Trinajstić information content (AvgIpc) is 3.02. The molecule has 1 rings (SSSR count). The molecule has 0 spiro atoms. The van der Waals surface area contributed by atoms with Crippen molar-refractivity contribution in [1.29, 1.82) is 0 Å². The molecule has 0 aromatic rings. The van der Waals surface area contributed by atoms with Gasteiger partial charge in [0.05, 0.1) is 6.04 Å². The molecule has 1 unspecified atom stereocenters. The molecule has 1 amide bonds. The maximum Gasteiger partial charge on any atom is 0.237 e. The Kier molecular flexibility index (Phi) is 5.05. The highest BCUT2D eigenvalue weighted by atomic mass is 16.2. The lowest BCUT2D eigenvalue weighted by Crippen LogP contribution is -2.46. The Morgan fingerprint density at radius 1 is 1.60 bits per heavy atom. The Morgan fingerprint density at radius 3 is 2.73 bits per heavy atom. The summed E-state index contributed by atoms with van der Waals surface area (Å²) in [6, 6.07) is 0.426. The molecule has 0 aliphatic heterocycles. The van der Waals surface area contributed by atoms with Crippen molar-refractivity contribution in [2.45, 2.75) is 45.2 Å². The first-order chi connectivity index (χ1) is 7.19. The fourth-order valence-corrected chi connectivity index (χ4v) is 1.64. The van der Waals surface area contributed by atoms with Gasteiger partial charge in [-0.15, -0.1) is 0 Å². The van der Waals surface area contributed by atoms with Crippen LogP contribution in [0.4, 0.5) is 0 Å². The molecule has 4 heteroatoms. The number of rotatable bonds is 7. The van der Waals surface area contributed by atoms with Gasteiger partial charge in [0.1, 0.15) is 0 Å². The number of nitrogens with zero attached hydrogens (tertiary/aromatic N) is 1. The van der Waals surface area contributed by atoms with Crippen LogP contribution in [0.3, 0.4) is 0 Å². The van der Waals surface area contributed by atoms with E-state index in [-0.39, 0.29) is 11.9 Å². The first-order valence-electron chi connectivity index (χ1n) is 5.93. The third kappa shape index (κ3) is 4.18. The van der Waals surface area contributed by atoms with Crippen LogP contribution in [0.1, 0.15) is 33.1 Å². The van der Waals surface area contributed by atoms with Crippen LogP contribution in [0.15, 0.2) is 0 Å². The van der Waals surface area contributed by atoms with Crippen molar-refractivity contribution in [2.75, 3.05) is 19.6 Å². The van der Waals surface area contributed by atoms with Gasteiger partial charge in [0.2, 0.25) is 5.91 Å². The van der Waals surface area contributed by atoms with Gasteiger partial charge < -0.3 is 11.1 Å². The molecule has 4 nitrogen and oxygen atoms in total. The Labute approximate surface area is 92.2 Å². The van der Waals surface area contributed by atoms with Gasteiger partial charge in [-0.3, -0.25) is 9.69 Å². The monoisotopic (exact) mass is 213 g/mol. The third-order valence-corrected chi connectivity index (χ3v) is 2.91. The van der Waals surface area contributed by atoms with Gasteiger partial charge in [-0.2, -0.15) is 0 Å². The predicted molar refractivity (Wildman–Crippen MR) is 61.5 cm³/mol. The molecule has 0 aromatic heterocycles. The van der Waals surface area contributed by atoms with Crippen LogP contribution in [-0.4, -0.2) is 42.5 Å². The van der Waals surface area contributed by atoms with Crippen LogP contribution in [0.2, 0.25) is 0 Å². The molecule has 1 aliphatic carbocycles. The van der Waals surface area contributed by atoms with Crippen LogP contribution in [0.25, 0.3) is 0 Å². The summed E-state index contributed by atoms with van der Waals surface area (Å²) in [5.74, 6) is 0.163. The lowest BCUT2D eigenvalue weighted by Gasteiger charge is -2.26. The van der Waals surface area contributed by atoms with E-state index in [0.29, 0.717) is 12.6 Å². The number of hydrogen-bond acceptors (Lipinski definition) is 3. The highest BCUT2D eigenvalue weighted by Crippen LogP contribution is 2.19. The molecule has 1 fully saturated rings. The van der Waals surface area contributed by atoms with Gasteiger partial charge in [0, 0.05) is 12.6 Å². The molecule has 1 atom stereocenters. The molecule has 0 aromatic carbocycles. The third-order valence-electron chi connectivity index (χ3n) is 2.91. The van der Waals surface area contributed by atoms with Crippen molar-refractivity contribution in [3.8, 4) is 0 Å². The van der Waals surface area contributed by atoms with Crippen LogP contribution in [0.5, 0.6) is 0 Å². The molecule has 0 heterocycles. The molecule has 3 N–H and O–H groups in total. The van der Waals surface area contributed by atoms with Crippen LogP contribution in [0, 0.1) is 0 Å². The summed E-state index contributed by atoms with van der Waals surface area (Å²) >= 11 is 0. The molecule has 88 valence electrons. The fourth-order valence-electron chi connectivity index (χ4n) is 1.64. The predicted octanol–water partition coefficient (Wildman–Crippen LogP) is 0.324. The molecule has 1 saturated carbocycles. The number of carbonyl (C=O) groups excluding carboxylic acids is 1. The van der Waals surface area contributed by atoms with Gasteiger partial charge in [-0.05, 0) is 39.3 Å². The minimum absolute atomic E-state index is 0.0258. The fraction of sp³-hybridized carbons (Fsp3) is 0.909. The number of hydrogen-bond donors (Lipinski definition) is 2. The Hall–Kier alpha value is -0.610. The zero-order chi connectivity index (χ0) is 11.3. The van der Waals surface area contributed by atoms with Crippen LogP contribution >= 0.6 is 0 Å². The summed E-state index contributed by atoms with van der Waals surface area (Å²) in [7, 11) is 0. The van der Waals surface area contributed by atoms with Crippen molar-refractivity contribution in [3.05, 3.63) is 0 Å². The Balaban J connectivity index is 2.32. The smallest absolute Gasteiger partial charge is 0.237 e. The summed E-state index contributed by atoms with van der Waals surface area (Å²) < 4.78 is 0. The van der Waals surface area contributed by atoms with E-state index in [1.807, 2.05) is 6.92 Å². The van der Waals surface area contributed by atoms with Crippen LogP contribution in [-0.2, 0) is 4.79 Å². The van der Waals surface area contributed by atoms with Crippen molar-refractivity contribution < 1.29 is 4.79 Å². The van der Waals surface area contributed by atoms with E-state index in [4.69, 9.17) is 5.73 Å². The molecule has 0 bridgehead atoms. The second kappa shape index (κ2) is 6.08. The van der Waals surface area contributed by atoms with E-state index >= 15 is 0 Å². The molecular formula is C11H23N3O. The number of nitrogens with two attached hydrogens (primary N) is 1. The summed E-state index contributed by atoms with van der Waals surface area (Å²) in [5, 5.41) is 3.03. The zero-order valence-electron chi connectivity index (χ0n) is 9.83. The maximum absolute atomic E-state index is 11.8. The van der Waals surface area contributed by atoms with E-state index in [0.717, 1.165) is 32.4 Å². The standard InChI is InChI=1S/C11H23N3O/c1-3-14(8-4-7-12)9(2)11(15)13-10-5-6-10/h9-10H,3-8,12H2,1-2H3,(H,13,15). The van der Waals surface area contributed by atoms with Gasteiger partial charge >= 0.3 is 0 Å². The van der Waals surface area contributed by atoms with E-state index in [9.17, 15) is 4.79 Å². The Bertz CT molecular complexity index is 204. The van der Waals surface area contributed by atoms with Gasteiger partial charge in [0.15, 0.2) is 0 Å². The topological polar surface area (TPSA) is 58.4 Å². The van der Waals surface area contributed by atoms with Crippen molar-refractivity contribution in [1.82, 2.24) is 10.2 Å². The van der Waals surface area contributed by atoms with Crippen molar-refractivity contribution >= 4 is 5.91 Å². The highest BCUT2D eigenvalue weighted by molar-refractivity contribution is 5.81. The van der Waals surface area contributed by atoms with Gasteiger partial charge in [-0.1, -0.05) is 6.92 Å². The first kappa shape index (κ1) is 12.5. The van der Waals surface area contributed by atoms with E-state index < -0.39 is 0 Å². The minimum Gasteiger partial charge on any atom is -0.352 e. The summed E-state index contributed by atoms with van der Waals surface area (Å²) in [4.78, 5) is 13.9. The average molecular weight is 213 g/mol. The largest absolute Gasteiger partial charge is 0.352 e. The van der Waals surface area contributed by atoms with Gasteiger partial charge in [0.25, 0.3) is 0 Å². The molecule has 15 heavy (non-hydrogen) atoms. The van der Waals surface area contributed by atoms with Gasteiger partial charge in [-0.25, -0.2) is 0 Å². The van der Waals surface area contributed by atoms with Crippen LogP contribution < -0.4 is 11.1 Å². The quantitative estimate of drug-likeness (QED) is 0.640. The first-order valence-corrected chi connectivity index (χ1v) is 5.93. The number of amides is 1. The SMILES string of the molecule is CCN(CCCN)C(C)C(=O)NC1CC1. The van der Waals surface area contributed by atoms with Crippen molar-refractivity contribution in [2.24, 2.45) is 5.73 Å². The number of carbonyl (C=O) groups is 1. The lowest BCUT2D eigenvalue weighted by atomic mass is 10.2. The summed E-state index contributed by atoms with van der Waals surface area (Å²) in [6.07, 6.45) is 3.25. The minimum atomic E-state index is -0.0258. The van der Waals surface area contributed by atoms with E-state index in [1.165, 1.54) is 0 Å². The lowest BCUT2D eigenvalue weighted by molar-refractivity contribution is -0.126. The highest BCUT2D eigenvalue weighted by Gasteiger charge is 2.27. The Morgan fingerprint density at radius 2 is 2.27 bits per heavy atom. The molecule has 0 saturated heterocycles. The van der Waals surface area contributed by atoms with Crippen molar-refractivity contribution in [3.63, 3.8) is 0 Å². The molecule has 1 aliphatic rings. The molecule has 0 radical (unpaired) electrons. The second-order valence-corrected chi connectivity index (χ2v) is 4.23. The second-order valence-electron chi connectivity index (χ2n) is 4.23. The van der Waals surface area contributed by atoms with E-state index in [2.05, 4.69) is 17.1 Å². The number of likely N-dealkylation sites (N-methyl/N-ethyl adjacent to an activating group) is 1.